The lowest BCUT2D eigenvalue weighted by Gasteiger charge is -1.85. The number of thiophene rings is 2. The molecule has 2 heterocycles. The Morgan fingerprint density at radius 1 is 1.09 bits per heavy atom. The lowest BCUT2D eigenvalue weighted by Crippen LogP contribution is -1.55. The van der Waals surface area contributed by atoms with E-state index in [-0.39, 0.29) is 0 Å². The zero-order valence-electron chi connectivity index (χ0n) is 5.65. The molecule has 2 aromatic rings. The van der Waals surface area contributed by atoms with E-state index in [2.05, 4.69) is 36.2 Å². The highest BCUT2D eigenvalue weighted by Crippen LogP contribution is 2.32. The molecule has 0 fully saturated rings. The summed E-state index contributed by atoms with van der Waals surface area (Å²) >= 11 is 7.75. The van der Waals surface area contributed by atoms with Crippen LogP contribution in [0.15, 0.2) is 33.9 Å². The second kappa shape index (κ2) is 3.01. The van der Waals surface area contributed by atoms with Gasteiger partial charge in [0.15, 0.2) is 0 Å². The third kappa shape index (κ3) is 1.50. The molecule has 0 bridgehead atoms. The van der Waals surface area contributed by atoms with E-state index in [9.17, 15) is 0 Å². The van der Waals surface area contributed by atoms with Crippen molar-refractivity contribution in [3.05, 3.63) is 29.6 Å². The molecule has 11 heavy (non-hydrogen) atoms. The molecular weight excluding hydrogens is 192 g/mol. The largest absolute Gasteiger partial charge is 0.143 e. The molecule has 0 aliphatic rings. The molecule has 3 heteroatoms. The molecule has 0 aliphatic carbocycles. The average Bonchev–Trinajstić information content (AvgIpc) is 2.55. The predicted molar refractivity (Wildman–Crippen MR) is 54.9 cm³/mol. The van der Waals surface area contributed by atoms with Crippen molar-refractivity contribution in [1.82, 2.24) is 0 Å². The summed E-state index contributed by atoms with van der Waals surface area (Å²) in [6.45, 7) is 0. The highest BCUT2D eigenvalue weighted by molar-refractivity contribution is 7.83. The molecule has 0 saturated carbocycles. The van der Waals surface area contributed by atoms with Crippen molar-refractivity contribution >= 4 is 35.3 Å². The molecule has 2 rings (SSSR count). The van der Waals surface area contributed by atoms with Crippen LogP contribution in [-0.4, -0.2) is 0 Å². The maximum atomic E-state index is 4.26. The Labute approximate surface area is 78.9 Å². The van der Waals surface area contributed by atoms with E-state index in [0.717, 1.165) is 4.21 Å². The van der Waals surface area contributed by atoms with Crippen molar-refractivity contribution in [3.8, 4) is 9.75 Å². The van der Waals surface area contributed by atoms with Crippen LogP contribution in [0.5, 0.6) is 0 Å². The van der Waals surface area contributed by atoms with E-state index in [4.69, 9.17) is 0 Å². The minimum absolute atomic E-state index is 1.08. The Kier molecular flexibility index (Phi) is 2.02. The fourth-order valence-electron chi connectivity index (χ4n) is 0.879. The van der Waals surface area contributed by atoms with Crippen LogP contribution in [0, 0.1) is 0 Å². The van der Waals surface area contributed by atoms with Crippen LogP contribution in [0.1, 0.15) is 0 Å². The standard InChI is InChI=1S/C8H6S3/c9-8-4-3-7(11-8)6-2-1-5-10-6/h1-5,9H. The van der Waals surface area contributed by atoms with Crippen molar-refractivity contribution in [2.24, 2.45) is 0 Å². The van der Waals surface area contributed by atoms with Gasteiger partial charge in [-0.15, -0.1) is 35.3 Å². The van der Waals surface area contributed by atoms with Crippen LogP contribution in [-0.2, 0) is 0 Å². The first-order valence-electron chi connectivity index (χ1n) is 3.19. The first-order chi connectivity index (χ1) is 5.36. The van der Waals surface area contributed by atoms with Crippen LogP contribution in [0.3, 0.4) is 0 Å². The monoisotopic (exact) mass is 198 g/mol. The Morgan fingerprint density at radius 3 is 2.55 bits per heavy atom. The molecule has 0 radical (unpaired) electrons. The van der Waals surface area contributed by atoms with E-state index in [1.807, 2.05) is 6.07 Å². The molecule has 0 unspecified atom stereocenters. The number of hydrogen-bond acceptors (Lipinski definition) is 3. The predicted octanol–water partition coefficient (Wildman–Crippen LogP) is 3.77. The maximum Gasteiger partial charge on any atom is 0.0574 e. The van der Waals surface area contributed by atoms with Crippen LogP contribution >= 0.6 is 35.3 Å². The van der Waals surface area contributed by atoms with Crippen LogP contribution in [0.25, 0.3) is 9.75 Å². The second-order valence-corrected chi connectivity index (χ2v) is 4.93. The molecule has 0 nitrogen and oxygen atoms in total. The highest BCUT2D eigenvalue weighted by Gasteiger charge is 1.99. The van der Waals surface area contributed by atoms with Gasteiger partial charge in [0.1, 0.15) is 0 Å². The van der Waals surface area contributed by atoms with E-state index in [1.165, 1.54) is 9.75 Å². The smallest absolute Gasteiger partial charge is 0.0574 e. The fraction of sp³-hybridized carbons (Fsp3) is 0. The molecule has 56 valence electrons. The van der Waals surface area contributed by atoms with E-state index in [0.29, 0.717) is 0 Å². The van der Waals surface area contributed by atoms with Gasteiger partial charge in [-0.3, -0.25) is 0 Å². The molecule has 0 atom stereocenters. The van der Waals surface area contributed by atoms with Gasteiger partial charge in [-0.05, 0) is 23.6 Å². The molecule has 0 aromatic carbocycles. The second-order valence-electron chi connectivity index (χ2n) is 2.12. The summed E-state index contributed by atoms with van der Waals surface area (Å²) in [7, 11) is 0. The summed E-state index contributed by atoms with van der Waals surface area (Å²) in [5.74, 6) is 0. The van der Waals surface area contributed by atoms with Gasteiger partial charge in [0.05, 0.1) is 4.21 Å². The third-order valence-corrected chi connectivity index (χ3v) is 3.73. The quantitative estimate of drug-likeness (QED) is 0.663. The number of thiol groups is 1. The lowest BCUT2D eigenvalue weighted by atomic mass is 10.4. The van der Waals surface area contributed by atoms with Crippen LogP contribution in [0.4, 0.5) is 0 Å². The maximum absolute atomic E-state index is 4.26. The Balaban J connectivity index is 2.45. The van der Waals surface area contributed by atoms with Gasteiger partial charge in [0, 0.05) is 9.75 Å². The lowest BCUT2D eigenvalue weighted by molar-refractivity contribution is 1.76. The fourth-order valence-corrected chi connectivity index (χ4v) is 2.83. The van der Waals surface area contributed by atoms with Gasteiger partial charge >= 0.3 is 0 Å². The molecule has 0 saturated heterocycles. The Bertz CT molecular complexity index is 332. The Morgan fingerprint density at radius 2 is 2.00 bits per heavy atom. The zero-order chi connectivity index (χ0) is 7.68. The van der Waals surface area contributed by atoms with Gasteiger partial charge in [0.2, 0.25) is 0 Å². The molecule has 0 aliphatic heterocycles. The summed E-state index contributed by atoms with van der Waals surface area (Å²) in [4.78, 5) is 2.64. The highest BCUT2D eigenvalue weighted by atomic mass is 32.2. The SMILES string of the molecule is Sc1ccc(-c2cccs2)s1. The van der Waals surface area contributed by atoms with Crippen molar-refractivity contribution < 1.29 is 0 Å². The first kappa shape index (κ1) is 7.40. The summed E-state index contributed by atoms with van der Waals surface area (Å²) in [5.41, 5.74) is 0. The topological polar surface area (TPSA) is 0 Å². The minimum Gasteiger partial charge on any atom is -0.143 e. The minimum atomic E-state index is 1.08. The normalized spacial score (nSPS) is 10.3. The first-order valence-corrected chi connectivity index (χ1v) is 5.33. The molecule has 0 N–H and O–H groups in total. The van der Waals surface area contributed by atoms with Crippen LogP contribution in [0.2, 0.25) is 0 Å². The van der Waals surface area contributed by atoms with Crippen molar-refractivity contribution in [3.63, 3.8) is 0 Å². The van der Waals surface area contributed by atoms with Crippen molar-refractivity contribution in [2.45, 2.75) is 4.21 Å². The molecular formula is C8H6S3. The van der Waals surface area contributed by atoms with Crippen molar-refractivity contribution in [2.75, 3.05) is 0 Å². The summed E-state index contributed by atoms with van der Waals surface area (Å²) in [6, 6.07) is 8.34. The summed E-state index contributed by atoms with van der Waals surface area (Å²) in [6.07, 6.45) is 0. The summed E-state index contributed by atoms with van der Waals surface area (Å²) in [5, 5.41) is 2.09. The molecule has 2 aromatic heterocycles. The Hall–Kier alpha value is -0.250. The van der Waals surface area contributed by atoms with Gasteiger partial charge in [-0.1, -0.05) is 6.07 Å². The zero-order valence-corrected chi connectivity index (χ0v) is 8.18. The van der Waals surface area contributed by atoms with Crippen LogP contribution < -0.4 is 0 Å². The molecule has 0 amide bonds. The number of rotatable bonds is 1. The van der Waals surface area contributed by atoms with E-state index >= 15 is 0 Å². The van der Waals surface area contributed by atoms with Gasteiger partial charge < -0.3 is 0 Å². The van der Waals surface area contributed by atoms with E-state index in [1.54, 1.807) is 22.7 Å². The summed E-state index contributed by atoms with van der Waals surface area (Å²) < 4.78 is 1.08. The molecule has 0 spiro atoms. The van der Waals surface area contributed by atoms with Gasteiger partial charge in [0.25, 0.3) is 0 Å². The van der Waals surface area contributed by atoms with E-state index < -0.39 is 0 Å². The van der Waals surface area contributed by atoms with Crippen molar-refractivity contribution in [1.29, 1.82) is 0 Å². The average molecular weight is 198 g/mol. The van der Waals surface area contributed by atoms with Gasteiger partial charge in [-0.2, -0.15) is 0 Å². The third-order valence-electron chi connectivity index (χ3n) is 1.36. The van der Waals surface area contributed by atoms with Gasteiger partial charge in [-0.25, -0.2) is 0 Å². The number of hydrogen-bond donors (Lipinski definition) is 1.